The van der Waals surface area contributed by atoms with Crippen molar-refractivity contribution in [1.82, 2.24) is 4.90 Å². The SMILES string of the molecule is Cc1ccc2c(c1)C(C)(C)[C@]1(C)N(Cc3ccccc3)C(=O)CN21. The van der Waals surface area contributed by atoms with Gasteiger partial charge in [0.1, 0.15) is 5.66 Å². The van der Waals surface area contributed by atoms with Crippen molar-refractivity contribution in [3.63, 3.8) is 0 Å². The van der Waals surface area contributed by atoms with E-state index in [2.05, 4.69) is 67.8 Å². The fraction of sp³-hybridized carbons (Fsp3) is 0.381. The number of benzene rings is 2. The van der Waals surface area contributed by atoms with Crippen molar-refractivity contribution in [3.05, 3.63) is 65.2 Å². The van der Waals surface area contributed by atoms with Crippen LogP contribution < -0.4 is 4.90 Å². The minimum absolute atomic E-state index is 0.130. The van der Waals surface area contributed by atoms with Crippen molar-refractivity contribution < 1.29 is 4.79 Å². The van der Waals surface area contributed by atoms with Crippen LogP contribution in [-0.4, -0.2) is 23.0 Å². The third-order valence-electron chi connectivity index (χ3n) is 6.13. The predicted molar refractivity (Wildman–Crippen MR) is 96.9 cm³/mol. The number of rotatable bonds is 2. The van der Waals surface area contributed by atoms with Gasteiger partial charge in [0.25, 0.3) is 0 Å². The lowest BCUT2D eigenvalue weighted by atomic mass is 9.75. The Hall–Kier alpha value is -2.29. The van der Waals surface area contributed by atoms with Crippen molar-refractivity contribution in [2.24, 2.45) is 0 Å². The van der Waals surface area contributed by atoms with Gasteiger partial charge in [0.05, 0.1) is 6.54 Å². The Morgan fingerprint density at radius 3 is 2.46 bits per heavy atom. The van der Waals surface area contributed by atoms with Gasteiger partial charge in [0.15, 0.2) is 0 Å². The Bertz CT molecular complexity index is 812. The number of anilines is 1. The number of carbonyl (C=O) groups excluding carboxylic acids is 1. The summed E-state index contributed by atoms with van der Waals surface area (Å²) in [5, 5.41) is 0. The Balaban J connectivity index is 1.82. The second-order valence-electron chi connectivity index (χ2n) is 7.72. The van der Waals surface area contributed by atoms with Crippen LogP contribution in [-0.2, 0) is 16.8 Å². The van der Waals surface area contributed by atoms with Crippen LogP contribution in [0.15, 0.2) is 48.5 Å². The summed E-state index contributed by atoms with van der Waals surface area (Å²) in [7, 11) is 0. The number of amides is 1. The van der Waals surface area contributed by atoms with Crippen molar-refractivity contribution in [2.45, 2.75) is 45.3 Å². The van der Waals surface area contributed by atoms with Gasteiger partial charge in [-0.25, -0.2) is 0 Å². The van der Waals surface area contributed by atoms with Crippen LogP contribution in [0.4, 0.5) is 5.69 Å². The standard InChI is InChI=1S/C21H24N2O/c1-15-10-11-18-17(12-15)20(2,3)21(4)22(18)14-19(24)23(21)13-16-8-6-5-7-9-16/h5-12H,13-14H2,1-4H3/t21-/m0/s1. The molecule has 0 aliphatic carbocycles. The third kappa shape index (κ3) is 1.81. The molecule has 0 spiro atoms. The molecule has 24 heavy (non-hydrogen) atoms. The van der Waals surface area contributed by atoms with Crippen LogP contribution in [0.25, 0.3) is 0 Å². The summed E-state index contributed by atoms with van der Waals surface area (Å²) in [4.78, 5) is 17.2. The maximum Gasteiger partial charge on any atom is 0.244 e. The zero-order valence-corrected chi connectivity index (χ0v) is 14.8. The van der Waals surface area contributed by atoms with Crippen LogP contribution in [0.1, 0.15) is 37.5 Å². The molecule has 2 aromatic rings. The molecule has 3 heteroatoms. The van der Waals surface area contributed by atoms with Gasteiger partial charge < -0.3 is 9.80 Å². The highest BCUT2D eigenvalue weighted by Crippen LogP contribution is 2.55. The number of nitrogens with zero attached hydrogens (tertiary/aromatic N) is 2. The monoisotopic (exact) mass is 320 g/mol. The van der Waals surface area contributed by atoms with Gasteiger partial charge in [0.2, 0.25) is 5.91 Å². The molecule has 0 radical (unpaired) electrons. The Labute approximate surface area is 143 Å². The van der Waals surface area contributed by atoms with Gasteiger partial charge in [-0.1, -0.05) is 61.9 Å². The minimum atomic E-state index is -0.337. The smallest absolute Gasteiger partial charge is 0.244 e. The number of hydrogen-bond acceptors (Lipinski definition) is 2. The van der Waals surface area contributed by atoms with E-state index in [-0.39, 0.29) is 17.0 Å². The first-order valence-corrected chi connectivity index (χ1v) is 8.59. The number of fused-ring (bicyclic) bond motifs is 3. The van der Waals surface area contributed by atoms with Crippen molar-refractivity contribution in [2.75, 3.05) is 11.4 Å². The van der Waals surface area contributed by atoms with Crippen molar-refractivity contribution >= 4 is 11.6 Å². The molecule has 3 nitrogen and oxygen atoms in total. The fourth-order valence-electron chi connectivity index (χ4n) is 4.41. The summed E-state index contributed by atoms with van der Waals surface area (Å²) < 4.78 is 0. The minimum Gasteiger partial charge on any atom is -0.338 e. The average molecular weight is 320 g/mol. The van der Waals surface area contributed by atoms with E-state index >= 15 is 0 Å². The van der Waals surface area contributed by atoms with Gasteiger partial charge in [0, 0.05) is 17.6 Å². The number of hydrogen-bond donors (Lipinski definition) is 0. The molecule has 1 fully saturated rings. The zero-order valence-electron chi connectivity index (χ0n) is 14.8. The molecule has 4 rings (SSSR count). The fourth-order valence-corrected chi connectivity index (χ4v) is 4.41. The largest absolute Gasteiger partial charge is 0.338 e. The number of aryl methyl sites for hydroxylation is 1. The molecule has 1 atom stereocenters. The summed E-state index contributed by atoms with van der Waals surface area (Å²) in [5.74, 6) is 0.209. The van der Waals surface area contributed by atoms with E-state index in [1.165, 1.54) is 22.4 Å². The predicted octanol–water partition coefficient (Wildman–Crippen LogP) is 3.85. The lowest BCUT2D eigenvalue weighted by Gasteiger charge is -2.46. The third-order valence-corrected chi connectivity index (χ3v) is 6.13. The molecule has 2 aliphatic rings. The molecule has 2 aliphatic heterocycles. The molecule has 0 N–H and O–H groups in total. The van der Waals surface area contributed by atoms with Crippen LogP contribution in [0, 0.1) is 6.92 Å². The van der Waals surface area contributed by atoms with E-state index in [4.69, 9.17) is 0 Å². The van der Waals surface area contributed by atoms with E-state index in [0.717, 1.165) is 0 Å². The molecule has 0 saturated carbocycles. The van der Waals surface area contributed by atoms with Gasteiger partial charge in [-0.2, -0.15) is 0 Å². The lowest BCUT2D eigenvalue weighted by molar-refractivity contribution is -0.132. The van der Waals surface area contributed by atoms with Crippen molar-refractivity contribution in [3.8, 4) is 0 Å². The van der Waals surface area contributed by atoms with Gasteiger partial charge in [-0.3, -0.25) is 4.79 Å². The summed E-state index contributed by atoms with van der Waals surface area (Å²) in [5.41, 5.74) is 4.53. The topological polar surface area (TPSA) is 23.6 Å². The molecule has 0 aromatic heterocycles. The van der Waals surface area contributed by atoms with Gasteiger partial charge in [-0.15, -0.1) is 0 Å². The summed E-state index contributed by atoms with van der Waals surface area (Å²) in [6.07, 6.45) is 0. The molecule has 2 heterocycles. The first-order valence-electron chi connectivity index (χ1n) is 8.59. The Morgan fingerprint density at radius 1 is 1.04 bits per heavy atom. The molecular formula is C21H24N2O. The van der Waals surface area contributed by atoms with E-state index in [1.54, 1.807) is 0 Å². The molecule has 2 aromatic carbocycles. The van der Waals surface area contributed by atoms with Crippen LogP contribution >= 0.6 is 0 Å². The Morgan fingerprint density at radius 2 is 1.75 bits per heavy atom. The summed E-state index contributed by atoms with van der Waals surface area (Å²) in [6, 6.07) is 16.9. The highest BCUT2D eigenvalue weighted by atomic mass is 16.2. The first kappa shape index (κ1) is 15.3. The Kier molecular flexibility index (Phi) is 3.08. The van der Waals surface area contributed by atoms with E-state index in [9.17, 15) is 4.79 Å². The normalized spacial score (nSPS) is 24.2. The summed E-state index contributed by atoms with van der Waals surface area (Å²) >= 11 is 0. The molecular weight excluding hydrogens is 296 g/mol. The van der Waals surface area contributed by atoms with E-state index in [0.29, 0.717) is 13.1 Å². The highest BCUT2D eigenvalue weighted by Gasteiger charge is 2.62. The van der Waals surface area contributed by atoms with Gasteiger partial charge >= 0.3 is 0 Å². The molecule has 1 amide bonds. The van der Waals surface area contributed by atoms with E-state index < -0.39 is 0 Å². The highest BCUT2D eigenvalue weighted by molar-refractivity contribution is 5.90. The maximum absolute atomic E-state index is 12.8. The first-order chi connectivity index (χ1) is 11.4. The van der Waals surface area contributed by atoms with Crippen molar-refractivity contribution in [1.29, 1.82) is 0 Å². The molecule has 124 valence electrons. The molecule has 1 saturated heterocycles. The summed E-state index contributed by atoms with van der Waals surface area (Å²) in [6.45, 7) is 10.0. The van der Waals surface area contributed by atoms with E-state index in [1.807, 2.05) is 18.2 Å². The van der Waals surface area contributed by atoms with Crippen LogP contribution in [0.5, 0.6) is 0 Å². The second-order valence-corrected chi connectivity index (χ2v) is 7.72. The van der Waals surface area contributed by atoms with Crippen LogP contribution in [0.2, 0.25) is 0 Å². The van der Waals surface area contributed by atoms with Crippen LogP contribution in [0.3, 0.4) is 0 Å². The zero-order chi connectivity index (χ0) is 17.1. The van der Waals surface area contributed by atoms with Gasteiger partial charge in [-0.05, 0) is 31.0 Å². The lowest BCUT2D eigenvalue weighted by Crippen LogP contribution is -2.59. The molecule has 0 unspecified atom stereocenters. The average Bonchev–Trinajstić information content (AvgIpc) is 2.90. The second kappa shape index (κ2) is 4.85. The maximum atomic E-state index is 12.8. The number of carbonyl (C=O) groups is 1. The quantitative estimate of drug-likeness (QED) is 0.839. The molecule has 0 bridgehead atoms.